The summed E-state index contributed by atoms with van der Waals surface area (Å²) in [6, 6.07) is 8.87. The second kappa shape index (κ2) is 5.21. The smallest absolute Gasteiger partial charge is 0.119 e. The first-order valence-corrected chi connectivity index (χ1v) is 5.88. The molecule has 0 spiro atoms. The molecule has 1 N–H and O–H groups in total. The van der Waals surface area contributed by atoms with E-state index in [0.717, 1.165) is 12.3 Å². The van der Waals surface area contributed by atoms with Gasteiger partial charge in [0.2, 0.25) is 0 Å². The van der Waals surface area contributed by atoms with Crippen molar-refractivity contribution >= 4 is 5.69 Å². The summed E-state index contributed by atoms with van der Waals surface area (Å²) in [5, 5.41) is 3.51. The van der Waals surface area contributed by atoms with Gasteiger partial charge in [0.1, 0.15) is 5.75 Å². The van der Waals surface area contributed by atoms with Crippen LogP contribution in [0.4, 0.5) is 5.69 Å². The molecule has 1 aliphatic rings. The lowest BCUT2D eigenvalue weighted by Gasteiger charge is -2.23. The second-order valence-electron chi connectivity index (χ2n) is 4.37. The van der Waals surface area contributed by atoms with Crippen LogP contribution in [0.5, 0.6) is 5.75 Å². The van der Waals surface area contributed by atoms with Gasteiger partial charge in [-0.15, -0.1) is 0 Å². The zero-order valence-corrected chi connectivity index (χ0v) is 10.1. The van der Waals surface area contributed by atoms with E-state index in [1.54, 1.807) is 7.11 Å². The Morgan fingerprint density at radius 2 is 2.12 bits per heavy atom. The molecule has 3 nitrogen and oxygen atoms in total. The fraction of sp³-hybridized carbons (Fsp3) is 0.538. The lowest BCUT2D eigenvalue weighted by molar-refractivity contribution is 0.415. The van der Waals surface area contributed by atoms with E-state index in [4.69, 9.17) is 4.74 Å². The molecule has 0 bridgehead atoms. The van der Waals surface area contributed by atoms with Crippen molar-refractivity contribution in [1.29, 1.82) is 0 Å². The van der Waals surface area contributed by atoms with Gasteiger partial charge in [-0.05, 0) is 43.7 Å². The normalized spacial score (nSPS) is 19.8. The zero-order valence-electron chi connectivity index (χ0n) is 10.1. The van der Waals surface area contributed by atoms with Crippen molar-refractivity contribution in [2.24, 2.45) is 0 Å². The fourth-order valence-electron chi connectivity index (χ4n) is 2.19. The molecule has 1 aromatic rings. The number of rotatable bonds is 4. The van der Waals surface area contributed by atoms with E-state index >= 15 is 0 Å². The highest BCUT2D eigenvalue weighted by Crippen LogP contribution is 2.19. The van der Waals surface area contributed by atoms with E-state index in [9.17, 15) is 0 Å². The molecule has 0 saturated carbocycles. The van der Waals surface area contributed by atoms with Crippen molar-refractivity contribution in [2.45, 2.75) is 18.9 Å². The van der Waals surface area contributed by atoms with Gasteiger partial charge in [-0.3, -0.25) is 0 Å². The van der Waals surface area contributed by atoms with E-state index < -0.39 is 0 Å². The molecule has 0 radical (unpaired) electrons. The Morgan fingerprint density at radius 1 is 1.38 bits per heavy atom. The summed E-state index contributed by atoms with van der Waals surface area (Å²) in [5.74, 6) is 0.913. The van der Waals surface area contributed by atoms with Gasteiger partial charge < -0.3 is 15.0 Å². The molecule has 1 aliphatic heterocycles. The number of ether oxygens (including phenoxy) is 1. The van der Waals surface area contributed by atoms with Crippen LogP contribution in [0.2, 0.25) is 0 Å². The molecule has 88 valence electrons. The largest absolute Gasteiger partial charge is 0.497 e. The number of methoxy groups -OCH3 is 1. The van der Waals surface area contributed by atoms with Gasteiger partial charge >= 0.3 is 0 Å². The molecule has 0 amide bonds. The van der Waals surface area contributed by atoms with Crippen LogP contribution >= 0.6 is 0 Å². The number of nitrogens with one attached hydrogen (secondary N) is 1. The van der Waals surface area contributed by atoms with Crippen molar-refractivity contribution in [1.82, 2.24) is 5.32 Å². The van der Waals surface area contributed by atoms with Crippen LogP contribution in [0.25, 0.3) is 0 Å². The maximum Gasteiger partial charge on any atom is 0.119 e. The van der Waals surface area contributed by atoms with Gasteiger partial charge in [0.15, 0.2) is 0 Å². The van der Waals surface area contributed by atoms with Gasteiger partial charge in [0.05, 0.1) is 7.11 Å². The van der Waals surface area contributed by atoms with Crippen molar-refractivity contribution in [2.75, 3.05) is 32.1 Å². The summed E-state index contributed by atoms with van der Waals surface area (Å²) >= 11 is 0. The number of likely N-dealkylation sites (N-methyl/N-ethyl adjacent to an activating group) is 1. The van der Waals surface area contributed by atoms with Crippen molar-refractivity contribution in [3.63, 3.8) is 0 Å². The van der Waals surface area contributed by atoms with Crippen LogP contribution in [-0.2, 0) is 0 Å². The summed E-state index contributed by atoms with van der Waals surface area (Å²) in [4.78, 5) is 2.29. The molecule has 0 aromatic heterocycles. The molecule has 1 aromatic carbocycles. The number of hydrogen-bond donors (Lipinski definition) is 1. The average molecular weight is 220 g/mol. The third-order valence-electron chi connectivity index (χ3n) is 3.17. The van der Waals surface area contributed by atoms with Gasteiger partial charge in [-0.2, -0.15) is 0 Å². The van der Waals surface area contributed by atoms with E-state index in [2.05, 4.69) is 29.4 Å². The van der Waals surface area contributed by atoms with Crippen molar-refractivity contribution < 1.29 is 4.74 Å². The van der Waals surface area contributed by atoms with Crippen LogP contribution in [0.1, 0.15) is 12.8 Å². The molecule has 0 aliphatic carbocycles. The summed E-state index contributed by atoms with van der Waals surface area (Å²) < 4.78 is 5.15. The molecule has 2 rings (SSSR count). The molecular weight excluding hydrogens is 200 g/mol. The Balaban J connectivity index is 1.94. The highest BCUT2D eigenvalue weighted by atomic mass is 16.5. The van der Waals surface area contributed by atoms with Crippen molar-refractivity contribution in [3.05, 3.63) is 24.3 Å². The number of hydrogen-bond acceptors (Lipinski definition) is 3. The molecular formula is C13H20N2O. The molecule has 3 heteroatoms. The Bertz CT molecular complexity index is 317. The Hall–Kier alpha value is -1.22. The highest BCUT2D eigenvalue weighted by Gasteiger charge is 2.15. The van der Waals surface area contributed by atoms with Crippen LogP contribution in [-0.4, -0.2) is 33.3 Å². The minimum absolute atomic E-state index is 0.645. The van der Waals surface area contributed by atoms with Crippen LogP contribution in [0.3, 0.4) is 0 Å². The van der Waals surface area contributed by atoms with E-state index in [-0.39, 0.29) is 0 Å². The number of nitrogens with zero attached hydrogens (tertiary/aromatic N) is 1. The van der Waals surface area contributed by atoms with Gasteiger partial charge in [-0.25, -0.2) is 0 Å². The van der Waals surface area contributed by atoms with Gasteiger partial charge in [-0.1, -0.05) is 0 Å². The Kier molecular flexibility index (Phi) is 3.67. The summed E-state index contributed by atoms with van der Waals surface area (Å²) in [5.41, 5.74) is 1.24. The summed E-state index contributed by atoms with van der Waals surface area (Å²) in [6.45, 7) is 2.24. The molecule has 0 unspecified atom stereocenters. The molecule has 16 heavy (non-hydrogen) atoms. The molecule has 1 fully saturated rings. The lowest BCUT2D eigenvalue weighted by atomic mass is 10.2. The second-order valence-corrected chi connectivity index (χ2v) is 4.37. The van der Waals surface area contributed by atoms with E-state index in [1.807, 2.05) is 12.1 Å². The Labute approximate surface area is 97.4 Å². The highest BCUT2D eigenvalue weighted by molar-refractivity contribution is 5.48. The minimum atomic E-state index is 0.645. The van der Waals surface area contributed by atoms with Gasteiger partial charge in [0, 0.05) is 25.3 Å². The van der Waals surface area contributed by atoms with Crippen LogP contribution < -0.4 is 15.0 Å². The van der Waals surface area contributed by atoms with E-state index in [1.165, 1.54) is 25.1 Å². The summed E-state index contributed by atoms with van der Waals surface area (Å²) in [7, 11) is 3.84. The summed E-state index contributed by atoms with van der Waals surface area (Å²) in [6.07, 6.45) is 2.60. The van der Waals surface area contributed by atoms with E-state index in [0.29, 0.717) is 6.04 Å². The molecule has 1 atom stereocenters. The maximum absolute atomic E-state index is 5.15. The van der Waals surface area contributed by atoms with Crippen LogP contribution in [0, 0.1) is 0 Å². The first-order valence-electron chi connectivity index (χ1n) is 5.88. The molecule has 1 saturated heterocycles. The predicted octanol–water partition coefficient (Wildman–Crippen LogP) is 1.88. The minimum Gasteiger partial charge on any atom is -0.497 e. The number of anilines is 1. The SMILES string of the molecule is COc1ccc(N(C)C[C@@H]2CCCN2)cc1. The topological polar surface area (TPSA) is 24.5 Å². The first-order chi connectivity index (χ1) is 7.79. The monoisotopic (exact) mass is 220 g/mol. The average Bonchev–Trinajstić information content (AvgIpc) is 2.82. The standard InChI is InChI=1S/C13H20N2O/c1-15(10-11-4-3-9-14-11)12-5-7-13(16-2)8-6-12/h5-8,11,14H,3-4,9-10H2,1-2H3/t11-/m0/s1. The quantitative estimate of drug-likeness (QED) is 0.838. The maximum atomic E-state index is 5.15. The zero-order chi connectivity index (χ0) is 11.4. The third-order valence-corrected chi connectivity index (χ3v) is 3.17. The predicted molar refractivity (Wildman–Crippen MR) is 67.3 cm³/mol. The Morgan fingerprint density at radius 3 is 2.69 bits per heavy atom. The van der Waals surface area contributed by atoms with Crippen molar-refractivity contribution in [3.8, 4) is 5.75 Å². The first kappa shape index (κ1) is 11.3. The van der Waals surface area contributed by atoms with Gasteiger partial charge in [0.25, 0.3) is 0 Å². The molecule has 1 heterocycles. The lowest BCUT2D eigenvalue weighted by Crippen LogP contribution is -2.35. The number of benzene rings is 1. The third kappa shape index (κ3) is 2.67. The fourth-order valence-corrected chi connectivity index (χ4v) is 2.19. The van der Waals surface area contributed by atoms with Crippen LogP contribution in [0.15, 0.2) is 24.3 Å².